The van der Waals surface area contributed by atoms with Gasteiger partial charge in [0, 0.05) is 6.42 Å². The lowest BCUT2D eigenvalue weighted by Crippen LogP contribution is -2.66. The van der Waals surface area contributed by atoms with E-state index in [1.165, 1.54) is 173 Å². The molecule has 83 heavy (non-hydrogen) atoms. The van der Waals surface area contributed by atoms with Gasteiger partial charge in [0.2, 0.25) is 5.91 Å². The van der Waals surface area contributed by atoms with Crippen molar-refractivity contribution in [1.82, 2.24) is 5.32 Å². The van der Waals surface area contributed by atoms with Crippen molar-refractivity contribution in [2.75, 3.05) is 26.4 Å². The normalized spacial score (nSPS) is 29.5. The molecule has 12 N–H and O–H groups in total. The lowest BCUT2D eigenvalue weighted by Gasteiger charge is -2.48. The fourth-order valence-corrected chi connectivity index (χ4v) is 11.3. The van der Waals surface area contributed by atoms with Gasteiger partial charge >= 0.3 is 0 Å². The van der Waals surface area contributed by atoms with Gasteiger partial charge in [0.05, 0.1) is 38.6 Å². The van der Waals surface area contributed by atoms with E-state index in [9.17, 15) is 61.0 Å². The van der Waals surface area contributed by atoms with Crippen molar-refractivity contribution in [3.05, 3.63) is 24.3 Å². The first-order valence-electron chi connectivity index (χ1n) is 33.1. The molecule has 0 aliphatic carbocycles. The number of unbranched alkanes of at least 4 members (excludes halogenated alkanes) is 32. The van der Waals surface area contributed by atoms with E-state index in [0.29, 0.717) is 12.8 Å². The molecule has 0 radical (unpaired) electrons. The van der Waals surface area contributed by atoms with Gasteiger partial charge in [-0.3, -0.25) is 4.79 Å². The number of aliphatic hydroxyl groups is 11. The quantitative estimate of drug-likeness (QED) is 0.0207. The average Bonchev–Trinajstić information content (AvgIpc) is 3.25. The van der Waals surface area contributed by atoms with Gasteiger partial charge in [0.1, 0.15) is 73.2 Å². The predicted octanol–water partition coefficient (Wildman–Crippen LogP) is 7.49. The first-order chi connectivity index (χ1) is 40.3. The number of allylic oxidation sites excluding steroid dienone is 3. The van der Waals surface area contributed by atoms with Crippen LogP contribution in [-0.4, -0.2) is 193 Å². The number of hydrogen-bond acceptors (Lipinski definition) is 18. The number of amides is 1. The molecule has 0 aromatic carbocycles. The van der Waals surface area contributed by atoms with Crippen LogP contribution in [0.5, 0.6) is 0 Å². The summed E-state index contributed by atoms with van der Waals surface area (Å²) in [7, 11) is 0. The Hall–Kier alpha value is -1.73. The van der Waals surface area contributed by atoms with Crippen molar-refractivity contribution in [1.29, 1.82) is 0 Å². The Kier molecular flexibility index (Phi) is 43.0. The minimum atomic E-state index is -1.98. The molecule has 3 rings (SSSR count). The number of aliphatic hydroxyl groups excluding tert-OH is 11. The molecular formula is C64H119NO18. The number of hydrogen-bond donors (Lipinski definition) is 12. The van der Waals surface area contributed by atoms with Crippen molar-refractivity contribution in [2.24, 2.45) is 0 Å². The Morgan fingerprint density at radius 2 is 0.771 bits per heavy atom. The SMILES string of the molecule is CCCCCCCCCCCCCCCCCC/C=C/CC/C=C/C(O)C(COC1OC(CO)C(OC2OC(CO)C(OC3OC(CO)C(O)C(O)C3O)C(O)C2O)C(O)C1O)NC(=O)CCCCCCCCCCCCCCCCCC. The van der Waals surface area contributed by atoms with Gasteiger partial charge in [-0.1, -0.05) is 231 Å². The fourth-order valence-electron chi connectivity index (χ4n) is 11.3. The molecular weight excluding hydrogens is 1070 g/mol. The van der Waals surface area contributed by atoms with Gasteiger partial charge in [-0.05, 0) is 32.1 Å². The fraction of sp³-hybridized carbons (Fsp3) is 0.922. The van der Waals surface area contributed by atoms with E-state index in [4.69, 9.17) is 28.4 Å². The van der Waals surface area contributed by atoms with Gasteiger partial charge in [-0.2, -0.15) is 0 Å². The van der Waals surface area contributed by atoms with Crippen molar-refractivity contribution < 1.29 is 89.4 Å². The standard InChI is InChI=1S/C64H119NO18/c1-3-5-7-9-11-13-15-17-19-21-22-23-24-25-26-27-29-31-33-35-37-39-41-48(69)47(65-52(70)42-40-38-36-34-32-30-28-20-18-16-14-12-10-8-6-4-2)46-78-62-58(76)55(73)60(50(44-67)80-62)83-64-59(77)56(74)61(51(45-68)81-64)82-63-57(75)54(72)53(71)49(43-66)79-63/h31,33,39,41,47-51,53-64,66-69,71-77H,3-30,32,34-38,40,42-46H2,1-2H3,(H,65,70)/b33-31+,41-39+. The van der Waals surface area contributed by atoms with E-state index in [1.54, 1.807) is 6.08 Å². The van der Waals surface area contributed by atoms with E-state index in [1.807, 2.05) is 6.08 Å². The number of ether oxygens (including phenoxy) is 6. The Morgan fingerprint density at radius 3 is 1.20 bits per heavy atom. The van der Waals surface area contributed by atoms with Gasteiger partial charge < -0.3 is 89.9 Å². The molecule has 17 atom stereocenters. The maximum absolute atomic E-state index is 13.4. The minimum Gasteiger partial charge on any atom is -0.394 e. The molecule has 0 bridgehead atoms. The third-order valence-corrected chi connectivity index (χ3v) is 16.8. The van der Waals surface area contributed by atoms with Gasteiger partial charge in [-0.15, -0.1) is 0 Å². The Balaban J connectivity index is 1.48. The minimum absolute atomic E-state index is 0.240. The summed E-state index contributed by atoms with van der Waals surface area (Å²) in [5.41, 5.74) is 0. The zero-order valence-corrected chi connectivity index (χ0v) is 51.2. The Morgan fingerprint density at radius 1 is 0.422 bits per heavy atom. The van der Waals surface area contributed by atoms with E-state index in [2.05, 4.69) is 31.3 Å². The molecule has 0 saturated carbocycles. The summed E-state index contributed by atoms with van der Waals surface area (Å²) in [6, 6.07) is -0.986. The van der Waals surface area contributed by atoms with Crippen LogP contribution >= 0.6 is 0 Å². The summed E-state index contributed by atoms with van der Waals surface area (Å²) in [6.45, 7) is 1.73. The van der Waals surface area contributed by atoms with E-state index < -0.39 is 124 Å². The highest BCUT2D eigenvalue weighted by Gasteiger charge is 2.53. The molecule has 3 fully saturated rings. The third kappa shape index (κ3) is 30.4. The number of carbonyl (C=O) groups is 1. The molecule has 3 heterocycles. The smallest absolute Gasteiger partial charge is 0.220 e. The highest BCUT2D eigenvalue weighted by Crippen LogP contribution is 2.33. The maximum atomic E-state index is 13.4. The Labute approximate surface area is 498 Å². The van der Waals surface area contributed by atoms with Crippen molar-refractivity contribution in [2.45, 2.75) is 349 Å². The molecule has 0 aromatic heterocycles. The molecule has 3 aliphatic rings. The first kappa shape index (κ1) is 75.5. The number of nitrogens with one attached hydrogen (secondary N) is 1. The highest BCUT2D eigenvalue weighted by molar-refractivity contribution is 5.76. The van der Waals surface area contributed by atoms with Crippen LogP contribution in [0, 0.1) is 0 Å². The summed E-state index contributed by atoms with van der Waals surface area (Å²) in [4.78, 5) is 13.4. The maximum Gasteiger partial charge on any atom is 0.220 e. The number of carbonyl (C=O) groups excluding carboxylic acids is 1. The zero-order chi connectivity index (χ0) is 60.5. The van der Waals surface area contributed by atoms with Crippen LogP contribution in [0.25, 0.3) is 0 Å². The summed E-state index contributed by atoms with van der Waals surface area (Å²) in [6.07, 6.45) is 24.4. The topological polar surface area (TPSA) is 307 Å². The Bertz CT molecular complexity index is 1610. The summed E-state index contributed by atoms with van der Waals surface area (Å²) in [5.74, 6) is -0.282. The van der Waals surface area contributed by atoms with Crippen LogP contribution in [0.1, 0.15) is 245 Å². The van der Waals surface area contributed by atoms with Gasteiger partial charge in [0.15, 0.2) is 18.9 Å². The lowest BCUT2D eigenvalue weighted by molar-refractivity contribution is -0.379. The van der Waals surface area contributed by atoms with Crippen LogP contribution in [0.2, 0.25) is 0 Å². The second kappa shape index (κ2) is 47.3. The lowest BCUT2D eigenvalue weighted by atomic mass is 9.96. The zero-order valence-electron chi connectivity index (χ0n) is 51.2. The molecule has 17 unspecified atom stereocenters. The molecule has 3 saturated heterocycles. The van der Waals surface area contributed by atoms with Gasteiger partial charge in [0.25, 0.3) is 0 Å². The van der Waals surface area contributed by atoms with E-state index >= 15 is 0 Å². The van der Waals surface area contributed by atoms with E-state index in [-0.39, 0.29) is 18.9 Å². The third-order valence-electron chi connectivity index (χ3n) is 16.8. The van der Waals surface area contributed by atoms with Gasteiger partial charge in [-0.25, -0.2) is 0 Å². The summed E-state index contributed by atoms with van der Waals surface area (Å²) < 4.78 is 34.3. The molecule has 3 aliphatic heterocycles. The molecule has 19 heteroatoms. The first-order valence-corrected chi connectivity index (χ1v) is 33.1. The molecule has 0 aromatic rings. The monoisotopic (exact) mass is 1190 g/mol. The predicted molar refractivity (Wildman–Crippen MR) is 319 cm³/mol. The van der Waals surface area contributed by atoms with Crippen molar-refractivity contribution in [3.8, 4) is 0 Å². The van der Waals surface area contributed by atoms with E-state index in [0.717, 1.165) is 38.5 Å². The second-order valence-corrected chi connectivity index (χ2v) is 23.9. The highest BCUT2D eigenvalue weighted by atomic mass is 16.8. The average molecular weight is 1190 g/mol. The van der Waals surface area contributed by atoms with Crippen molar-refractivity contribution in [3.63, 3.8) is 0 Å². The van der Waals surface area contributed by atoms with Crippen molar-refractivity contribution >= 4 is 5.91 Å². The van der Waals surface area contributed by atoms with Crippen LogP contribution in [0.15, 0.2) is 24.3 Å². The summed E-state index contributed by atoms with van der Waals surface area (Å²) >= 11 is 0. The molecule has 488 valence electrons. The molecule has 1 amide bonds. The molecule has 0 spiro atoms. The van der Waals surface area contributed by atoms with Crippen LogP contribution in [0.3, 0.4) is 0 Å². The number of rotatable bonds is 50. The van der Waals surface area contributed by atoms with Crippen LogP contribution in [0.4, 0.5) is 0 Å². The summed E-state index contributed by atoms with van der Waals surface area (Å²) in [5, 5.41) is 120. The van der Waals surface area contributed by atoms with Crippen LogP contribution < -0.4 is 5.32 Å². The molecule has 19 nitrogen and oxygen atoms in total. The second-order valence-electron chi connectivity index (χ2n) is 23.9. The largest absolute Gasteiger partial charge is 0.394 e. The van der Waals surface area contributed by atoms with Crippen LogP contribution in [-0.2, 0) is 33.2 Å².